The summed E-state index contributed by atoms with van der Waals surface area (Å²) < 4.78 is 27.2. The van der Waals surface area contributed by atoms with Gasteiger partial charge < -0.3 is 10.6 Å². The van der Waals surface area contributed by atoms with Gasteiger partial charge in [0.1, 0.15) is 11.6 Å². The molecule has 0 saturated carbocycles. The highest BCUT2D eigenvalue weighted by atomic mass is 79.9. The van der Waals surface area contributed by atoms with Gasteiger partial charge in [0, 0.05) is 16.7 Å². The Morgan fingerprint density at radius 1 is 1.14 bits per heavy atom. The minimum absolute atomic E-state index is 0.219. The fraction of sp³-hybridized carbons (Fsp3) is 0. The second-order valence-corrected chi connectivity index (χ2v) is 5.03. The van der Waals surface area contributed by atoms with Crippen LogP contribution in [0.5, 0.6) is 0 Å². The summed E-state index contributed by atoms with van der Waals surface area (Å²) in [6.07, 6.45) is 3.08. The minimum Gasteiger partial charge on any atom is -0.314 e. The van der Waals surface area contributed by atoms with E-state index in [2.05, 4.69) is 26.6 Å². The fourth-order valence-electron chi connectivity index (χ4n) is 1.58. The van der Waals surface area contributed by atoms with E-state index in [1.54, 1.807) is 6.08 Å². The van der Waals surface area contributed by atoms with Gasteiger partial charge in [-0.15, -0.1) is 0 Å². The molecule has 6 heteroatoms. The molecule has 0 aromatic heterocycles. The number of hydrogen-bond donors (Lipinski definition) is 2. The lowest BCUT2D eigenvalue weighted by Gasteiger charge is -2.05. The number of carbonyl (C=O) groups is 1. The Kier molecular flexibility index (Phi) is 5.05. The van der Waals surface area contributed by atoms with Gasteiger partial charge in [-0.05, 0) is 35.9 Å². The van der Waals surface area contributed by atoms with Gasteiger partial charge in [-0.1, -0.05) is 28.1 Å². The highest BCUT2D eigenvalue weighted by Gasteiger charge is 2.06. The van der Waals surface area contributed by atoms with E-state index in [1.807, 2.05) is 24.3 Å². The van der Waals surface area contributed by atoms with E-state index in [1.165, 1.54) is 6.20 Å². The molecule has 0 atom stereocenters. The van der Waals surface area contributed by atoms with Crippen molar-refractivity contribution in [1.29, 1.82) is 0 Å². The zero-order valence-corrected chi connectivity index (χ0v) is 12.3. The third kappa shape index (κ3) is 4.68. The van der Waals surface area contributed by atoms with E-state index < -0.39 is 17.7 Å². The predicted octanol–water partition coefficient (Wildman–Crippen LogP) is 4.52. The highest BCUT2D eigenvalue weighted by Crippen LogP contribution is 2.15. The number of carbonyl (C=O) groups excluding carboxylic acids is 1. The van der Waals surface area contributed by atoms with Crippen LogP contribution in [0, 0.1) is 11.6 Å². The van der Waals surface area contributed by atoms with Crippen LogP contribution in [0.15, 0.2) is 53.1 Å². The van der Waals surface area contributed by atoms with E-state index in [4.69, 9.17) is 0 Å². The number of halogens is 3. The van der Waals surface area contributed by atoms with Gasteiger partial charge in [0.2, 0.25) is 0 Å². The maximum atomic E-state index is 13.3. The van der Waals surface area contributed by atoms with Crippen molar-refractivity contribution < 1.29 is 13.6 Å². The molecular weight excluding hydrogens is 342 g/mol. The minimum atomic E-state index is -0.706. The Hall–Kier alpha value is -2.21. The number of urea groups is 1. The van der Waals surface area contributed by atoms with Crippen LogP contribution in [0.3, 0.4) is 0 Å². The molecule has 0 bridgehead atoms. The SMILES string of the molecule is O=C(N/C=C/c1cccc(Br)c1)Nc1cc(F)ccc1F. The molecular formula is C15H11BrF2N2O. The first-order chi connectivity index (χ1) is 10.0. The van der Waals surface area contributed by atoms with E-state index in [0.717, 1.165) is 28.2 Å². The molecule has 2 N–H and O–H groups in total. The standard InChI is InChI=1S/C15H11BrF2N2O/c16-11-3-1-2-10(8-11)6-7-19-15(21)20-14-9-12(17)4-5-13(14)18/h1-9H,(H2,19,20,21)/b7-6+. The van der Waals surface area contributed by atoms with E-state index in [-0.39, 0.29) is 5.69 Å². The number of nitrogens with one attached hydrogen (secondary N) is 2. The van der Waals surface area contributed by atoms with Crippen molar-refractivity contribution in [2.45, 2.75) is 0 Å². The lowest BCUT2D eigenvalue weighted by molar-refractivity contribution is 0.255. The van der Waals surface area contributed by atoms with Gasteiger partial charge in [-0.3, -0.25) is 0 Å². The monoisotopic (exact) mass is 352 g/mol. The van der Waals surface area contributed by atoms with Gasteiger partial charge in [0.05, 0.1) is 5.69 Å². The molecule has 2 aromatic rings. The number of hydrogen-bond acceptors (Lipinski definition) is 1. The van der Waals surface area contributed by atoms with Crippen LogP contribution in [0.2, 0.25) is 0 Å². The largest absolute Gasteiger partial charge is 0.323 e. The van der Waals surface area contributed by atoms with Crippen molar-refractivity contribution in [3.63, 3.8) is 0 Å². The van der Waals surface area contributed by atoms with Crippen LogP contribution < -0.4 is 10.6 Å². The molecule has 21 heavy (non-hydrogen) atoms. The lowest BCUT2D eigenvalue weighted by Crippen LogP contribution is -2.24. The normalized spacial score (nSPS) is 10.6. The molecule has 0 heterocycles. The maximum absolute atomic E-state index is 13.3. The number of anilines is 1. The Labute approximate surface area is 128 Å². The molecule has 0 unspecified atom stereocenters. The fourth-order valence-corrected chi connectivity index (χ4v) is 1.99. The number of rotatable bonds is 3. The first-order valence-corrected chi connectivity index (χ1v) is 6.78. The van der Waals surface area contributed by atoms with Crippen molar-refractivity contribution in [3.05, 3.63) is 70.3 Å². The highest BCUT2D eigenvalue weighted by molar-refractivity contribution is 9.10. The summed E-state index contributed by atoms with van der Waals surface area (Å²) in [4.78, 5) is 11.6. The Balaban J connectivity index is 1.94. The molecule has 0 aliphatic carbocycles. The first kappa shape index (κ1) is 15.2. The average Bonchev–Trinajstić information content (AvgIpc) is 2.43. The molecule has 2 aromatic carbocycles. The van der Waals surface area contributed by atoms with Gasteiger partial charge in [0.25, 0.3) is 0 Å². The van der Waals surface area contributed by atoms with E-state index in [9.17, 15) is 13.6 Å². The van der Waals surface area contributed by atoms with Crippen LogP contribution in [0.1, 0.15) is 5.56 Å². The Morgan fingerprint density at radius 2 is 1.95 bits per heavy atom. The third-order valence-corrected chi connectivity index (χ3v) is 3.01. The molecule has 0 aliphatic heterocycles. The van der Waals surface area contributed by atoms with Crippen LogP contribution >= 0.6 is 15.9 Å². The summed E-state index contributed by atoms with van der Waals surface area (Å²) in [6, 6.07) is 9.62. The van der Waals surface area contributed by atoms with Gasteiger partial charge >= 0.3 is 6.03 Å². The van der Waals surface area contributed by atoms with E-state index in [0.29, 0.717) is 0 Å². The molecule has 0 saturated heterocycles. The topological polar surface area (TPSA) is 41.1 Å². The summed E-state index contributed by atoms with van der Waals surface area (Å²) in [7, 11) is 0. The molecule has 2 amide bonds. The van der Waals surface area contributed by atoms with Crippen molar-refractivity contribution >= 4 is 33.7 Å². The quantitative estimate of drug-likeness (QED) is 0.837. The second-order valence-electron chi connectivity index (χ2n) is 4.11. The van der Waals surface area contributed by atoms with Crippen LogP contribution in [0.4, 0.5) is 19.3 Å². The molecule has 108 valence electrons. The smallest absolute Gasteiger partial charge is 0.314 e. The van der Waals surface area contributed by atoms with Crippen LogP contribution in [-0.2, 0) is 0 Å². The summed E-state index contributed by atoms with van der Waals surface area (Å²) in [5, 5.41) is 4.63. The molecule has 0 aliphatic rings. The summed E-state index contributed by atoms with van der Waals surface area (Å²) in [6.45, 7) is 0. The number of benzene rings is 2. The molecule has 2 rings (SSSR count). The van der Waals surface area contributed by atoms with Gasteiger partial charge in [-0.25, -0.2) is 13.6 Å². The van der Waals surface area contributed by atoms with Crippen LogP contribution in [-0.4, -0.2) is 6.03 Å². The van der Waals surface area contributed by atoms with E-state index >= 15 is 0 Å². The Morgan fingerprint density at radius 3 is 2.71 bits per heavy atom. The van der Waals surface area contributed by atoms with Crippen molar-refractivity contribution in [1.82, 2.24) is 5.32 Å². The Bertz CT molecular complexity index is 689. The lowest BCUT2D eigenvalue weighted by atomic mass is 10.2. The predicted molar refractivity (Wildman–Crippen MR) is 81.7 cm³/mol. The van der Waals surface area contributed by atoms with Crippen molar-refractivity contribution in [2.75, 3.05) is 5.32 Å². The molecule has 0 radical (unpaired) electrons. The van der Waals surface area contributed by atoms with Gasteiger partial charge in [-0.2, -0.15) is 0 Å². The summed E-state index contributed by atoms with van der Waals surface area (Å²) >= 11 is 3.33. The average molecular weight is 353 g/mol. The maximum Gasteiger partial charge on any atom is 0.323 e. The number of amides is 2. The van der Waals surface area contributed by atoms with Crippen molar-refractivity contribution in [3.8, 4) is 0 Å². The zero-order chi connectivity index (χ0) is 15.2. The second kappa shape index (κ2) is 6.99. The molecule has 3 nitrogen and oxygen atoms in total. The van der Waals surface area contributed by atoms with Gasteiger partial charge in [0.15, 0.2) is 0 Å². The third-order valence-electron chi connectivity index (χ3n) is 2.52. The molecule has 0 fully saturated rings. The zero-order valence-electron chi connectivity index (χ0n) is 10.7. The summed E-state index contributed by atoms with van der Waals surface area (Å²) in [5.41, 5.74) is 0.657. The first-order valence-electron chi connectivity index (χ1n) is 5.99. The van der Waals surface area contributed by atoms with Crippen LogP contribution in [0.25, 0.3) is 6.08 Å². The van der Waals surface area contributed by atoms with Crippen molar-refractivity contribution in [2.24, 2.45) is 0 Å². The summed E-state index contributed by atoms with van der Waals surface area (Å²) in [5.74, 6) is -1.33. The molecule has 0 spiro atoms.